The van der Waals surface area contributed by atoms with Crippen LogP contribution >= 0.6 is 0 Å². The third-order valence-electron chi connectivity index (χ3n) is 5.99. The molecule has 6 heteroatoms. The quantitative estimate of drug-likeness (QED) is 0.393. The zero-order valence-electron chi connectivity index (χ0n) is 18.9. The molecule has 0 aromatic heterocycles. The van der Waals surface area contributed by atoms with E-state index < -0.39 is 0 Å². The van der Waals surface area contributed by atoms with Gasteiger partial charge in [-0.3, -0.25) is 19.3 Å². The molecule has 4 aromatic carbocycles. The summed E-state index contributed by atoms with van der Waals surface area (Å²) >= 11 is 0. The second kappa shape index (κ2) is 8.48. The summed E-state index contributed by atoms with van der Waals surface area (Å²) in [7, 11) is 0. The molecule has 4 aromatic rings. The number of nitrogens with one attached hydrogen (secondary N) is 2. The Labute approximate surface area is 197 Å². The first-order valence-electron chi connectivity index (χ1n) is 11.0. The first kappa shape index (κ1) is 21.4. The lowest BCUT2D eigenvalue weighted by Crippen LogP contribution is -2.26. The lowest BCUT2D eigenvalue weighted by Gasteiger charge is -2.23. The number of carbonyl (C=O) groups is 3. The van der Waals surface area contributed by atoms with Gasteiger partial charge in [0.25, 0.3) is 5.91 Å². The highest BCUT2D eigenvalue weighted by molar-refractivity contribution is 6.21. The number of hydrogen-bond donors (Lipinski definition) is 2. The van der Waals surface area contributed by atoms with E-state index in [0.717, 1.165) is 21.9 Å². The number of amides is 3. The van der Waals surface area contributed by atoms with Gasteiger partial charge in [0, 0.05) is 22.3 Å². The van der Waals surface area contributed by atoms with Gasteiger partial charge in [0.15, 0.2) is 0 Å². The fourth-order valence-corrected chi connectivity index (χ4v) is 4.27. The summed E-state index contributed by atoms with van der Waals surface area (Å²) in [6, 6.07) is 24.3. The largest absolute Gasteiger partial charge is 0.323 e. The monoisotopic (exact) mass is 449 g/mol. The Hall–Kier alpha value is -4.45. The summed E-state index contributed by atoms with van der Waals surface area (Å²) in [5.74, 6) is -0.854. The van der Waals surface area contributed by atoms with Crippen LogP contribution in [0, 0.1) is 13.8 Å². The summed E-state index contributed by atoms with van der Waals surface area (Å²) in [6.07, 6.45) is -0.256. The van der Waals surface area contributed by atoms with Crippen molar-refractivity contribution in [3.8, 4) is 0 Å². The molecule has 2 N–H and O–H groups in total. The molecular formula is C28H23N3O3. The fourth-order valence-electron chi connectivity index (χ4n) is 4.27. The van der Waals surface area contributed by atoms with Crippen molar-refractivity contribution in [2.45, 2.75) is 20.3 Å². The highest BCUT2D eigenvalue weighted by Crippen LogP contribution is 2.40. The Kier molecular flexibility index (Phi) is 5.34. The van der Waals surface area contributed by atoms with Gasteiger partial charge < -0.3 is 10.6 Å². The topological polar surface area (TPSA) is 78.5 Å². The predicted octanol–water partition coefficient (Wildman–Crippen LogP) is 5.72. The van der Waals surface area contributed by atoms with E-state index >= 15 is 0 Å². The van der Waals surface area contributed by atoms with Crippen molar-refractivity contribution in [1.29, 1.82) is 0 Å². The van der Waals surface area contributed by atoms with Crippen LogP contribution in [-0.2, 0) is 9.59 Å². The van der Waals surface area contributed by atoms with Crippen molar-refractivity contribution in [2.24, 2.45) is 0 Å². The van der Waals surface area contributed by atoms with Crippen LogP contribution < -0.4 is 15.5 Å². The van der Waals surface area contributed by atoms with Crippen molar-refractivity contribution in [2.75, 3.05) is 15.5 Å². The minimum Gasteiger partial charge on any atom is -0.323 e. The molecule has 0 saturated heterocycles. The molecule has 1 aliphatic rings. The second-order valence-electron chi connectivity index (χ2n) is 8.45. The number of hydrogen-bond acceptors (Lipinski definition) is 3. The maximum Gasteiger partial charge on any atom is 0.255 e. The molecule has 3 amide bonds. The van der Waals surface area contributed by atoms with Crippen molar-refractivity contribution in [1.82, 2.24) is 0 Å². The molecular weight excluding hydrogens is 426 g/mol. The van der Waals surface area contributed by atoms with Gasteiger partial charge in [0.05, 0.1) is 11.4 Å². The Balaban J connectivity index is 1.49. The summed E-state index contributed by atoms with van der Waals surface area (Å²) in [5, 5.41) is 7.66. The smallest absolute Gasteiger partial charge is 0.255 e. The van der Waals surface area contributed by atoms with Crippen LogP contribution in [0.5, 0.6) is 0 Å². The number of rotatable bonds is 3. The first-order valence-corrected chi connectivity index (χ1v) is 11.0. The molecule has 0 unspecified atom stereocenters. The van der Waals surface area contributed by atoms with E-state index in [2.05, 4.69) is 10.6 Å². The third kappa shape index (κ3) is 3.90. The van der Waals surface area contributed by atoms with Gasteiger partial charge in [0.1, 0.15) is 6.42 Å². The average molecular weight is 450 g/mol. The number of aryl methyl sites for hydroxylation is 2. The molecule has 0 saturated carbocycles. The highest BCUT2D eigenvalue weighted by atomic mass is 16.2. The minimum absolute atomic E-state index is 0.189. The SMILES string of the molecule is Cc1ccc(C)c(C(=O)Nc2ccc(N3C(=O)CC(=O)Nc4c3ccc3ccccc43)cc2)c1. The first-order chi connectivity index (χ1) is 16.4. The van der Waals surface area contributed by atoms with E-state index in [1.807, 2.05) is 68.4 Å². The van der Waals surface area contributed by atoms with Crippen molar-refractivity contribution < 1.29 is 14.4 Å². The minimum atomic E-state index is -0.345. The maximum atomic E-state index is 13.0. The van der Waals surface area contributed by atoms with Crippen LogP contribution in [0.2, 0.25) is 0 Å². The summed E-state index contributed by atoms with van der Waals surface area (Å²) in [5.41, 5.74) is 4.99. The zero-order valence-corrected chi connectivity index (χ0v) is 18.9. The van der Waals surface area contributed by atoms with E-state index in [0.29, 0.717) is 28.3 Å². The van der Waals surface area contributed by atoms with E-state index in [9.17, 15) is 14.4 Å². The Morgan fingerprint density at radius 3 is 2.47 bits per heavy atom. The predicted molar refractivity (Wildman–Crippen MR) is 135 cm³/mol. The molecule has 0 atom stereocenters. The lowest BCUT2D eigenvalue weighted by molar-refractivity contribution is -0.124. The van der Waals surface area contributed by atoms with E-state index in [1.165, 1.54) is 0 Å². The molecule has 168 valence electrons. The molecule has 5 rings (SSSR count). The van der Waals surface area contributed by atoms with Gasteiger partial charge >= 0.3 is 0 Å². The number of nitrogens with zero attached hydrogens (tertiary/aromatic N) is 1. The maximum absolute atomic E-state index is 13.0. The van der Waals surface area contributed by atoms with Gasteiger partial charge in [-0.25, -0.2) is 0 Å². The molecule has 0 bridgehead atoms. The summed E-state index contributed by atoms with van der Waals surface area (Å²) < 4.78 is 0. The summed E-state index contributed by atoms with van der Waals surface area (Å²) in [4.78, 5) is 39.8. The zero-order chi connectivity index (χ0) is 23.8. The van der Waals surface area contributed by atoms with E-state index in [4.69, 9.17) is 0 Å². The molecule has 0 fully saturated rings. The molecule has 6 nitrogen and oxygen atoms in total. The van der Waals surface area contributed by atoms with Crippen LogP contribution in [0.25, 0.3) is 10.8 Å². The van der Waals surface area contributed by atoms with Gasteiger partial charge in [-0.2, -0.15) is 0 Å². The molecule has 0 radical (unpaired) electrons. The van der Waals surface area contributed by atoms with Crippen molar-refractivity contribution in [3.05, 3.63) is 95.6 Å². The van der Waals surface area contributed by atoms with Crippen LogP contribution in [0.1, 0.15) is 27.9 Å². The molecule has 0 spiro atoms. The molecule has 0 aliphatic carbocycles. The van der Waals surface area contributed by atoms with Crippen molar-refractivity contribution >= 4 is 51.2 Å². The Morgan fingerprint density at radius 1 is 0.912 bits per heavy atom. The van der Waals surface area contributed by atoms with Crippen molar-refractivity contribution in [3.63, 3.8) is 0 Å². The number of benzene rings is 4. The second-order valence-corrected chi connectivity index (χ2v) is 8.45. The normalized spacial score (nSPS) is 13.3. The molecule has 1 heterocycles. The van der Waals surface area contributed by atoms with Crippen LogP contribution in [0.4, 0.5) is 22.7 Å². The standard InChI is InChI=1S/C28H23N3O3/c1-17-7-8-18(2)23(15-17)28(34)29-20-10-12-21(13-11-20)31-24-14-9-19-5-3-4-6-22(19)27(24)30-25(32)16-26(31)33/h3-15H,16H2,1-2H3,(H,29,34)(H,30,32). The van der Waals surface area contributed by atoms with E-state index in [1.54, 1.807) is 29.2 Å². The Bertz CT molecular complexity index is 1460. The molecule has 34 heavy (non-hydrogen) atoms. The number of anilines is 4. The van der Waals surface area contributed by atoms with Crippen LogP contribution in [-0.4, -0.2) is 17.7 Å². The third-order valence-corrected chi connectivity index (χ3v) is 5.99. The number of carbonyl (C=O) groups excluding carboxylic acids is 3. The van der Waals surface area contributed by atoms with Gasteiger partial charge in [-0.1, -0.05) is 48.0 Å². The van der Waals surface area contributed by atoms with Gasteiger partial charge in [-0.15, -0.1) is 0 Å². The number of fused-ring (bicyclic) bond motifs is 3. The van der Waals surface area contributed by atoms with Gasteiger partial charge in [-0.05, 0) is 61.2 Å². The lowest BCUT2D eigenvalue weighted by atomic mass is 10.0. The van der Waals surface area contributed by atoms with Crippen LogP contribution in [0.3, 0.4) is 0 Å². The summed E-state index contributed by atoms with van der Waals surface area (Å²) in [6.45, 7) is 3.85. The molecule has 1 aliphatic heterocycles. The Morgan fingerprint density at radius 2 is 1.68 bits per heavy atom. The van der Waals surface area contributed by atoms with E-state index in [-0.39, 0.29) is 24.1 Å². The van der Waals surface area contributed by atoms with Gasteiger partial charge in [0.2, 0.25) is 11.8 Å². The van der Waals surface area contributed by atoms with Crippen LogP contribution in [0.15, 0.2) is 78.9 Å². The fraction of sp³-hybridized carbons (Fsp3) is 0.107. The highest BCUT2D eigenvalue weighted by Gasteiger charge is 2.28. The average Bonchev–Trinajstić information content (AvgIpc) is 2.95.